The van der Waals surface area contributed by atoms with E-state index in [4.69, 9.17) is 11.6 Å². The van der Waals surface area contributed by atoms with E-state index in [2.05, 4.69) is 9.97 Å². The van der Waals surface area contributed by atoms with Crippen LogP contribution in [0.5, 0.6) is 0 Å². The van der Waals surface area contributed by atoms with E-state index >= 15 is 0 Å². The number of rotatable bonds is 5. The van der Waals surface area contributed by atoms with Crippen molar-refractivity contribution >= 4 is 38.3 Å². The highest BCUT2D eigenvalue weighted by Crippen LogP contribution is 2.32. The van der Waals surface area contributed by atoms with Crippen molar-refractivity contribution in [3.8, 4) is 0 Å². The first-order valence-electron chi connectivity index (χ1n) is 6.83. The van der Waals surface area contributed by atoms with Gasteiger partial charge in [0.25, 0.3) is 5.24 Å². The number of hydrogen-bond acceptors (Lipinski definition) is 6. The summed E-state index contributed by atoms with van der Waals surface area (Å²) in [6.07, 6.45) is 4.75. The minimum absolute atomic E-state index is 0.00801. The van der Waals surface area contributed by atoms with Gasteiger partial charge < -0.3 is 4.90 Å². The van der Waals surface area contributed by atoms with Crippen LogP contribution in [-0.4, -0.2) is 36.9 Å². The molecule has 2 aromatic rings. The van der Waals surface area contributed by atoms with E-state index in [1.807, 2.05) is 6.92 Å². The molecule has 8 heteroatoms. The highest BCUT2D eigenvalue weighted by molar-refractivity contribution is 7.90. The molecule has 0 aliphatic heterocycles. The van der Waals surface area contributed by atoms with Crippen molar-refractivity contribution in [2.75, 3.05) is 18.2 Å². The third-order valence-electron chi connectivity index (χ3n) is 3.39. The molecule has 0 saturated heterocycles. The predicted octanol–water partition coefficient (Wildman–Crippen LogP) is 2.59. The van der Waals surface area contributed by atoms with Crippen molar-refractivity contribution in [3.63, 3.8) is 0 Å². The Bertz CT molecular complexity index is 839. The van der Waals surface area contributed by atoms with Crippen LogP contribution in [0.1, 0.15) is 22.8 Å². The molecule has 0 atom stereocenters. The van der Waals surface area contributed by atoms with Gasteiger partial charge in [0.1, 0.15) is 0 Å². The van der Waals surface area contributed by atoms with Crippen LogP contribution in [0.15, 0.2) is 35.5 Å². The number of anilines is 2. The SMILES string of the molecule is CCc1cc(N(C)c2ncccn2)c(S(C)(=O)=O)cc1C(=O)Cl. The van der Waals surface area contributed by atoms with Gasteiger partial charge in [-0.25, -0.2) is 18.4 Å². The molecule has 1 heterocycles. The quantitative estimate of drug-likeness (QED) is 0.768. The van der Waals surface area contributed by atoms with Crippen LogP contribution in [0.2, 0.25) is 0 Å². The second-order valence-electron chi connectivity index (χ2n) is 4.98. The molecule has 0 spiro atoms. The second kappa shape index (κ2) is 6.64. The number of sulfone groups is 1. The average molecular weight is 354 g/mol. The molecular formula is C15H16ClN3O3S. The monoisotopic (exact) mass is 353 g/mol. The van der Waals surface area contributed by atoms with Gasteiger partial charge in [-0.05, 0) is 41.8 Å². The van der Waals surface area contributed by atoms with Crippen molar-refractivity contribution in [1.29, 1.82) is 0 Å². The van der Waals surface area contributed by atoms with Gasteiger partial charge in [0.15, 0.2) is 9.84 Å². The van der Waals surface area contributed by atoms with Gasteiger partial charge in [-0.15, -0.1) is 0 Å². The van der Waals surface area contributed by atoms with Gasteiger partial charge in [-0.2, -0.15) is 0 Å². The standard InChI is InChI=1S/C15H16ClN3O3S/c1-4-10-8-12(19(2)15-17-6-5-7-18-15)13(23(3,21)22)9-11(10)14(16)20/h5-9H,4H2,1-3H3. The number of nitrogens with zero attached hydrogens (tertiary/aromatic N) is 3. The van der Waals surface area contributed by atoms with E-state index in [0.29, 0.717) is 23.6 Å². The normalized spacial score (nSPS) is 11.3. The molecule has 0 bridgehead atoms. The van der Waals surface area contributed by atoms with E-state index in [0.717, 1.165) is 6.26 Å². The Morgan fingerprint density at radius 3 is 2.35 bits per heavy atom. The molecule has 122 valence electrons. The lowest BCUT2D eigenvalue weighted by Gasteiger charge is -2.21. The molecule has 0 unspecified atom stereocenters. The minimum atomic E-state index is -3.58. The summed E-state index contributed by atoms with van der Waals surface area (Å²) in [7, 11) is -1.91. The maximum atomic E-state index is 12.1. The number of benzene rings is 1. The summed E-state index contributed by atoms with van der Waals surface area (Å²) in [4.78, 5) is 21.4. The summed E-state index contributed by atoms with van der Waals surface area (Å²) in [5.41, 5.74) is 1.26. The minimum Gasteiger partial charge on any atom is -0.312 e. The molecule has 2 rings (SSSR count). The Balaban J connectivity index is 2.73. The predicted molar refractivity (Wildman–Crippen MR) is 89.2 cm³/mol. The zero-order chi connectivity index (χ0) is 17.2. The van der Waals surface area contributed by atoms with Crippen LogP contribution in [-0.2, 0) is 16.3 Å². The lowest BCUT2D eigenvalue weighted by Crippen LogP contribution is -2.17. The van der Waals surface area contributed by atoms with Gasteiger partial charge in [-0.1, -0.05) is 6.92 Å². The maximum absolute atomic E-state index is 12.1. The second-order valence-corrected chi connectivity index (χ2v) is 7.31. The van der Waals surface area contributed by atoms with Gasteiger partial charge >= 0.3 is 0 Å². The third kappa shape index (κ3) is 3.68. The van der Waals surface area contributed by atoms with Gasteiger partial charge in [0.05, 0.1) is 10.6 Å². The molecule has 0 aliphatic carbocycles. The first-order valence-corrected chi connectivity index (χ1v) is 9.10. The summed E-state index contributed by atoms with van der Waals surface area (Å²) in [5.74, 6) is 0.351. The summed E-state index contributed by atoms with van der Waals surface area (Å²) < 4.78 is 24.3. The highest BCUT2D eigenvalue weighted by atomic mass is 35.5. The van der Waals surface area contributed by atoms with E-state index in [1.165, 1.54) is 6.07 Å². The fourth-order valence-corrected chi connectivity index (χ4v) is 3.30. The van der Waals surface area contributed by atoms with Gasteiger partial charge in [0.2, 0.25) is 5.95 Å². The Morgan fingerprint density at radius 2 is 1.87 bits per heavy atom. The molecule has 0 fully saturated rings. The van der Waals surface area contributed by atoms with Crippen LogP contribution >= 0.6 is 11.6 Å². The Labute approximate surface area is 140 Å². The number of aromatic nitrogens is 2. The molecular weight excluding hydrogens is 338 g/mol. The molecule has 1 aromatic carbocycles. The molecule has 0 aliphatic rings. The molecule has 0 radical (unpaired) electrons. The Hall–Kier alpha value is -1.99. The Kier molecular flexibility index (Phi) is 5.01. The summed E-state index contributed by atoms with van der Waals surface area (Å²) in [5, 5.41) is -0.683. The zero-order valence-electron chi connectivity index (χ0n) is 12.9. The molecule has 0 N–H and O–H groups in total. The van der Waals surface area contributed by atoms with E-state index < -0.39 is 15.1 Å². The number of hydrogen-bond donors (Lipinski definition) is 0. The summed E-state index contributed by atoms with van der Waals surface area (Å²) >= 11 is 5.59. The number of halogens is 1. The average Bonchev–Trinajstić information content (AvgIpc) is 2.52. The zero-order valence-corrected chi connectivity index (χ0v) is 14.5. The largest absolute Gasteiger partial charge is 0.312 e. The topological polar surface area (TPSA) is 80.2 Å². The van der Waals surface area contributed by atoms with Crippen LogP contribution in [0.4, 0.5) is 11.6 Å². The van der Waals surface area contributed by atoms with Crippen molar-refractivity contribution in [3.05, 3.63) is 41.7 Å². The van der Waals surface area contributed by atoms with Crippen molar-refractivity contribution < 1.29 is 13.2 Å². The third-order valence-corrected chi connectivity index (χ3v) is 4.72. The lowest BCUT2D eigenvalue weighted by molar-refractivity contribution is 0.108. The molecule has 0 saturated carbocycles. The molecule has 0 amide bonds. The van der Waals surface area contributed by atoms with Crippen molar-refractivity contribution in [2.45, 2.75) is 18.2 Å². The van der Waals surface area contributed by atoms with Gasteiger partial charge in [0, 0.05) is 31.3 Å². The van der Waals surface area contributed by atoms with E-state index in [-0.39, 0.29) is 10.5 Å². The maximum Gasteiger partial charge on any atom is 0.252 e. The lowest BCUT2D eigenvalue weighted by atomic mass is 10.0. The fourth-order valence-electron chi connectivity index (χ4n) is 2.22. The Morgan fingerprint density at radius 1 is 1.26 bits per heavy atom. The number of carbonyl (C=O) groups is 1. The number of aryl methyl sites for hydroxylation is 1. The highest BCUT2D eigenvalue weighted by Gasteiger charge is 2.22. The summed E-state index contributed by atoms with van der Waals surface area (Å²) in [6, 6.07) is 4.63. The van der Waals surface area contributed by atoms with E-state index in [1.54, 1.807) is 36.5 Å². The number of carbonyl (C=O) groups excluding carboxylic acids is 1. The first-order chi connectivity index (χ1) is 10.8. The van der Waals surface area contributed by atoms with Gasteiger partial charge in [-0.3, -0.25) is 4.79 Å². The van der Waals surface area contributed by atoms with Crippen LogP contribution in [0.3, 0.4) is 0 Å². The van der Waals surface area contributed by atoms with Crippen LogP contribution in [0, 0.1) is 0 Å². The first kappa shape index (κ1) is 17.4. The molecule has 6 nitrogen and oxygen atoms in total. The van der Waals surface area contributed by atoms with Crippen molar-refractivity contribution in [2.24, 2.45) is 0 Å². The fraction of sp³-hybridized carbons (Fsp3) is 0.267. The smallest absolute Gasteiger partial charge is 0.252 e. The van der Waals surface area contributed by atoms with Crippen LogP contribution in [0.25, 0.3) is 0 Å². The van der Waals surface area contributed by atoms with Crippen LogP contribution < -0.4 is 4.90 Å². The van der Waals surface area contributed by atoms with E-state index in [9.17, 15) is 13.2 Å². The summed E-state index contributed by atoms with van der Waals surface area (Å²) in [6.45, 7) is 1.86. The van der Waals surface area contributed by atoms with Crippen molar-refractivity contribution in [1.82, 2.24) is 9.97 Å². The molecule has 1 aromatic heterocycles. The molecule has 23 heavy (non-hydrogen) atoms.